The highest BCUT2D eigenvalue weighted by molar-refractivity contribution is 5.67. The summed E-state index contributed by atoms with van der Waals surface area (Å²) >= 11 is 0. The Morgan fingerprint density at radius 1 is 1.56 bits per heavy atom. The summed E-state index contributed by atoms with van der Waals surface area (Å²) in [6, 6.07) is 0. The van der Waals surface area contributed by atoms with Crippen LogP contribution in [0, 0.1) is 0 Å². The Morgan fingerprint density at radius 3 is 2.11 bits per heavy atom. The van der Waals surface area contributed by atoms with Gasteiger partial charge in [0.25, 0.3) is 0 Å². The summed E-state index contributed by atoms with van der Waals surface area (Å²) < 4.78 is 0. The molecule has 0 bridgehead atoms. The van der Waals surface area contributed by atoms with E-state index >= 15 is 0 Å². The highest BCUT2D eigenvalue weighted by Gasteiger charge is 2.23. The lowest BCUT2D eigenvalue weighted by molar-refractivity contribution is -0.182. The van der Waals surface area contributed by atoms with Crippen LogP contribution in [0.5, 0.6) is 0 Å². The fourth-order valence-electron chi connectivity index (χ4n) is 0.367. The first kappa shape index (κ1) is 8.39. The van der Waals surface area contributed by atoms with Gasteiger partial charge in [-0.1, -0.05) is 6.92 Å². The van der Waals surface area contributed by atoms with E-state index in [1.165, 1.54) is 6.92 Å². The van der Waals surface area contributed by atoms with E-state index in [-0.39, 0.29) is 6.42 Å². The van der Waals surface area contributed by atoms with Gasteiger partial charge in [0.05, 0.1) is 6.42 Å². The third-order valence-corrected chi connectivity index (χ3v) is 1.00. The molecule has 0 aromatic heterocycles. The van der Waals surface area contributed by atoms with E-state index in [9.17, 15) is 4.79 Å². The van der Waals surface area contributed by atoms with Crippen LogP contribution in [0.2, 0.25) is 0 Å². The molecule has 3 N–H and O–H groups in total. The van der Waals surface area contributed by atoms with Crippen molar-refractivity contribution in [2.24, 2.45) is 0 Å². The molecule has 0 amide bonds. The fourth-order valence-corrected chi connectivity index (χ4v) is 0.367. The lowest BCUT2D eigenvalue weighted by Crippen LogP contribution is -2.29. The summed E-state index contributed by atoms with van der Waals surface area (Å²) in [5, 5.41) is 25.4. The highest BCUT2D eigenvalue weighted by atomic mass is 16.5. The zero-order valence-corrected chi connectivity index (χ0v) is 5.16. The summed E-state index contributed by atoms with van der Waals surface area (Å²) in [5.41, 5.74) is 0. The standard InChI is InChI=1S/C5H10O4/c1-2-5(8,9)3-4(6)7/h8-9H,2-3H2,1H3,(H,6,7). The predicted molar refractivity (Wildman–Crippen MR) is 29.7 cm³/mol. The van der Waals surface area contributed by atoms with Crippen LogP contribution in [0.3, 0.4) is 0 Å². The smallest absolute Gasteiger partial charge is 0.308 e. The van der Waals surface area contributed by atoms with Crippen LogP contribution in [0.15, 0.2) is 0 Å². The number of hydrogen-bond acceptors (Lipinski definition) is 3. The van der Waals surface area contributed by atoms with Crippen LogP contribution in [-0.4, -0.2) is 27.1 Å². The van der Waals surface area contributed by atoms with Gasteiger partial charge >= 0.3 is 5.97 Å². The molecule has 0 aliphatic carbocycles. The Kier molecular flexibility index (Phi) is 2.61. The van der Waals surface area contributed by atoms with Crippen LogP contribution in [0.25, 0.3) is 0 Å². The van der Waals surface area contributed by atoms with Crippen LogP contribution in [0.1, 0.15) is 19.8 Å². The van der Waals surface area contributed by atoms with Crippen LogP contribution in [-0.2, 0) is 4.79 Å². The molecule has 0 heterocycles. The van der Waals surface area contributed by atoms with Crippen LogP contribution in [0.4, 0.5) is 0 Å². The van der Waals surface area contributed by atoms with E-state index < -0.39 is 18.2 Å². The molecule has 4 nitrogen and oxygen atoms in total. The van der Waals surface area contributed by atoms with Crippen molar-refractivity contribution in [3.8, 4) is 0 Å². The minimum Gasteiger partial charge on any atom is -0.481 e. The molecule has 0 radical (unpaired) electrons. The first-order valence-corrected chi connectivity index (χ1v) is 2.64. The number of carbonyl (C=O) groups is 1. The van der Waals surface area contributed by atoms with Gasteiger partial charge in [-0.15, -0.1) is 0 Å². The largest absolute Gasteiger partial charge is 0.481 e. The highest BCUT2D eigenvalue weighted by Crippen LogP contribution is 2.09. The summed E-state index contributed by atoms with van der Waals surface area (Å²) in [5.74, 6) is -3.24. The topological polar surface area (TPSA) is 77.8 Å². The second kappa shape index (κ2) is 2.80. The van der Waals surface area contributed by atoms with Gasteiger partial charge in [0.2, 0.25) is 0 Å². The van der Waals surface area contributed by atoms with E-state index in [0.717, 1.165) is 0 Å². The van der Waals surface area contributed by atoms with Crippen molar-refractivity contribution < 1.29 is 20.1 Å². The van der Waals surface area contributed by atoms with Gasteiger partial charge in [-0.2, -0.15) is 0 Å². The van der Waals surface area contributed by atoms with Crippen LogP contribution >= 0.6 is 0 Å². The molecule has 0 aliphatic heterocycles. The van der Waals surface area contributed by atoms with E-state index in [4.69, 9.17) is 15.3 Å². The zero-order chi connectivity index (χ0) is 7.49. The Bertz CT molecular complexity index is 108. The molecule has 0 spiro atoms. The summed E-state index contributed by atoms with van der Waals surface area (Å²) in [4.78, 5) is 9.85. The molecule has 9 heavy (non-hydrogen) atoms. The Morgan fingerprint density at radius 2 is 2.00 bits per heavy atom. The molecular weight excluding hydrogens is 124 g/mol. The SMILES string of the molecule is CCC(O)(O)CC(=O)O. The maximum absolute atomic E-state index is 9.85. The van der Waals surface area contributed by atoms with Gasteiger partial charge in [0.15, 0.2) is 5.79 Å². The molecule has 54 valence electrons. The second-order valence-electron chi connectivity index (χ2n) is 1.91. The number of hydrogen-bond donors (Lipinski definition) is 3. The summed E-state index contributed by atoms with van der Waals surface area (Å²) in [6.45, 7) is 1.50. The average Bonchev–Trinajstić information content (AvgIpc) is 1.63. The molecule has 0 aromatic rings. The Balaban J connectivity index is 3.71. The van der Waals surface area contributed by atoms with Gasteiger partial charge in [0, 0.05) is 0 Å². The third-order valence-electron chi connectivity index (χ3n) is 1.00. The predicted octanol–water partition coefficient (Wildman–Crippen LogP) is -0.448. The fraction of sp³-hybridized carbons (Fsp3) is 0.800. The molecule has 0 saturated heterocycles. The average molecular weight is 134 g/mol. The number of aliphatic hydroxyl groups is 2. The molecule has 0 fully saturated rings. The first-order valence-electron chi connectivity index (χ1n) is 2.64. The maximum Gasteiger partial charge on any atom is 0.308 e. The lowest BCUT2D eigenvalue weighted by atomic mass is 10.1. The molecule has 4 heteroatoms. The lowest BCUT2D eigenvalue weighted by Gasteiger charge is -2.15. The summed E-state index contributed by atoms with van der Waals surface area (Å²) in [7, 11) is 0. The number of rotatable bonds is 3. The molecular formula is C5H10O4. The molecule has 0 aliphatic rings. The van der Waals surface area contributed by atoms with Crippen molar-refractivity contribution in [1.82, 2.24) is 0 Å². The van der Waals surface area contributed by atoms with Gasteiger partial charge in [0.1, 0.15) is 0 Å². The van der Waals surface area contributed by atoms with Crippen molar-refractivity contribution in [3.05, 3.63) is 0 Å². The minimum absolute atomic E-state index is 0.0271. The maximum atomic E-state index is 9.85. The monoisotopic (exact) mass is 134 g/mol. The minimum atomic E-state index is -2.04. The van der Waals surface area contributed by atoms with Gasteiger partial charge in [-0.05, 0) is 6.42 Å². The van der Waals surface area contributed by atoms with E-state index in [0.29, 0.717) is 0 Å². The number of aliphatic carboxylic acids is 1. The van der Waals surface area contributed by atoms with Crippen molar-refractivity contribution >= 4 is 5.97 Å². The first-order chi connectivity index (χ1) is 3.98. The van der Waals surface area contributed by atoms with Gasteiger partial charge in [-0.25, -0.2) is 0 Å². The quantitative estimate of drug-likeness (QED) is 0.457. The third kappa shape index (κ3) is 3.93. The van der Waals surface area contributed by atoms with E-state index in [2.05, 4.69) is 0 Å². The summed E-state index contributed by atoms with van der Waals surface area (Å²) in [6.07, 6.45) is -0.594. The zero-order valence-electron chi connectivity index (χ0n) is 5.16. The molecule has 0 unspecified atom stereocenters. The molecule has 0 rings (SSSR count). The molecule has 0 saturated carbocycles. The number of carboxylic acid groups (broad SMARTS) is 1. The Hall–Kier alpha value is -0.610. The van der Waals surface area contributed by atoms with E-state index in [1.54, 1.807) is 0 Å². The van der Waals surface area contributed by atoms with Crippen LogP contribution < -0.4 is 0 Å². The number of carboxylic acids is 1. The normalized spacial score (nSPS) is 11.4. The molecule has 0 atom stereocenters. The van der Waals surface area contributed by atoms with Crippen molar-refractivity contribution in [2.45, 2.75) is 25.6 Å². The Labute approximate surface area is 52.7 Å². The van der Waals surface area contributed by atoms with Gasteiger partial charge in [-0.3, -0.25) is 4.79 Å². The van der Waals surface area contributed by atoms with E-state index in [1.807, 2.05) is 0 Å². The van der Waals surface area contributed by atoms with Crippen molar-refractivity contribution in [3.63, 3.8) is 0 Å². The van der Waals surface area contributed by atoms with Crippen molar-refractivity contribution in [1.29, 1.82) is 0 Å². The van der Waals surface area contributed by atoms with Crippen molar-refractivity contribution in [2.75, 3.05) is 0 Å². The van der Waals surface area contributed by atoms with Gasteiger partial charge < -0.3 is 15.3 Å². The second-order valence-corrected chi connectivity index (χ2v) is 1.91. The molecule has 0 aromatic carbocycles.